The summed E-state index contributed by atoms with van der Waals surface area (Å²) >= 11 is 5.63. The van der Waals surface area contributed by atoms with Gasteiger partial charge in [-0.25, -0.2) is 0 Å². The van der Waals surface area contributed by atoms with Gasteiger partial charge in [-0.1, -0.05) is 70.6 Å². The highest BCUT2D eigenvalue weighted by atomic mass is 35.5. The fourth-order valence-electron chi connectivity index (χ4n) is 2.24. The lowest BCUT2D eigenvalue weighted by atomic mass is 10.0. The molecule has 0 aromatic rings. The van der Waals surface area contributed by atoms with E-state index in [-0.39, 0.29) is 0 Å². The van der Waals surface area contributed by atoms with Crippen LogP contribution in [0, 0.1) is 0 Å². The first-order valence-corrected chi connectivity index (χ1v) is 8.36. The van der Waals surface area contributed by atoms with Crippen LogP contribution in [0.3, 0.4) is 0 Å². The van der Waals surface area contributed by atoms with E-state index in [1.807, 2.05) is 6.29 Å². The third-order valence-corrected chi connectivity index (χ3v) is 3.68. The zero-order valence-electron chi connectivity index (χ0n) is 11.9. The predicted molar refractivity (Wildman–Crippen MR) is 81.1 cm³/mol. The standard InChI is InChI=1S/C16H30ClO/c17-15-13-11-9-7-5-3-1-2-4-6-8-10-12-14-16-18/h1-15H2. The number of unbranched alkanes of at least 4 members (excludes halogenated alkanes) is 13. The first-order chi connectivity index (χ1) is 8.91. The Morgan fingerprint density at radius 2 is 0.889 bits per heavy atom. The Hall–Kier alpha value is -0.0400. The lowest BCUT2D eigenvalue weighted by Crippen LogP contribution is -1.83. The molecule has 0 aromatic heterocycles. The molecule has 0 amide bonds. The summed E-state index contributed by atoms with van der Waals surface area (Å²) in [7, 11) is 0. The highest BCUT2D eigenvalue weighted by Crippen LogP contribution is 2.12. The molecule has 0 atom stereocenters. The van der Waals surface area contributed by atoms with Crippen LogP contribution < -0.4 is 0 Å². The number of hydrogen-bond acceptors (Lipinski definition) is 1. The fraction of sp³-hybridized carbons (Fsp3) is 0.938. The van der Waals surface area contributed by atoms with Gasteiger partial charge < -0.3 is 0 Å². The average Bonchev–Trinajstić information content (AvgIpc) is 2.39. The van der Waals surface area contributed by atoms with Gasteiger partial charge in [0.15, 0.2) is 6.29 Å². The Kier molecular flexibility index (Phi) is 16.9. The summed E-state index contributed by atoms with van der Waals surface area (Å²) in [4.78, 5) is 9.99. The highest BCUT2D eigenvalue weighted by molar-refractivity contribution is 6.17. The smallest absolute Gasteiger partial charge is 0.198 e. The second kappa shape index (κ2) is 17.0. The van der Waals surface area contributed by atoms with Gasteiger partial charge in [-0.3, -0.25) is 4.79 Å². The third kappa shape index (κ3) is 16.0. The number of alkyl halides is 1. The van der Waals surface area contributed by atoms with Crippen LogP contribution in [0.2, 0.25) is 0 Å². The van der Waals surface area contributed by atoms with Crippen LogP contribution in [-0.2, 0) is 4.79 Å². The Morgan fingerprint density at radius 1 is 0.556 bits per heavy atom. The molecule has 0 saturated heterocycles. The highest BCUT2D eigenvalue weighted by Gasteiger charge is 1.93. The van der Waals surface area contributed by atoms with Crippen molar-refractivity contribution in [3.63, 3.8) is 0 Å². The molecule has 0 bridgehead atoms. The molecule has 1 nitrogen and oxygen atoms in total. The van der Waals surface area contributed by atoms with Crippen LogP contribution in [-0.4, -0.2) is 12.2 Å². The van der Waals surface area contributed by atoms with Crippen LogP contribution in [0.1, 0.15) is 89.9 Å². The Morgan fingerprint density at radius 3 is 1.22 bits per heavy atom. The maximum absolute atomic E-state index is 9.99. The van der Waals surface area contributed by atoms with Gasteiger partial charge in [0.2, 0.25) is 0 Å². The normalized spacial score (nSPS) is 10.7. The van der Waals surface area contributed by atoms with Gasteiger partial charge in [0.05, 0.1) is 0 Å². The second-order valence-corrected chi connectivity index (χ2v) is 5.56. The van der Waals surface area contributed by atoms with Crippen molar-refractivity contribution in [2.45, 2.75) is 89.9 Å². The van der Waals surface area contributed by atoms with Crippen molar-refractivity contribution < 1.29 is 4.79 Å². The van der Waals surface area contributed by atoms with Crippen LogP contribution in [0.5, 0.6) is 0 Å². The maximum Gasteiger partial charge on any atom is 0.198 e. The van der Waals surface area contributed by atoms with Gasteiger partial charge >= 0.3 is 0 Å². The van der Waals surface area contributed by atoms with E-state index < -0.39 is 0 Å². The molecule has 0 aliphatic rings. The fourth-order valence-corrected chi connectivity index (χ4v) is 2.43. The van der Waals surface area contributed by atoms with Crippen molar-refractivity contribution >= 4 is 17.9 Å². The van der Waals surface area contributed by atoms with E-state index in [1.54, 1.807) is 0 Å². The molecule has 18 heavy (non-hydrogen) atoms. The Labute approximate surface area is 119 Å². The van der Waals surface area contributed by atoms with Crippen molar-refractivity contribution in [1.82, 2.24) is 0 Å². The number of halogens is 1. The van der Waals surface area contributed by atoms with Gasteiger partial charge in [0.1, 0.15) is 0 Å². The molecule has 0 aliphatic carbocycles. The van der Waals surface area contributed by atoms with E-state index in [0.29, 0.717) is 6.42 Å². The van der Waals surface area contributed by atoms with Crippen LogP contribution in [0.15, 0.2) is 0 Å². The zero-order chi connectivity index (χ0) is 13.3. The average molecular weight is 274 g/mol. The number of rotatable bonds is 15. The van der Waals surface area contributed by atoms with Crippen molar-refractivity contribution in [2.24, 2.45) is 0 Å². The third-order valence-electron chi connectivity index (χ3n) is 3.41. The number of hydrogen-bond donors (Lipinski definition) is 0. The molecule has 0 unspecified atom stereocenters. The van der Waals surface area contributed by atoms with Gasteiger partial charge in [0, 0.05) is 12.3 Å². The van der Waals surface area contributed by atoms with E-state index in [2.05, 4.69) is 0 Å². The maximum atomic E-state index is 9.99. The van der Waals surface area contributed by atoms with Crippen LogP contribution in [0.25, 0.3) is 0 Å². The van der Waals surface area contributed by atoms with E-state index in [0.717, 1.165) is 12.3 Å². The Balaban J connectivity index is 2.88. The molecular formula is C16H30ClO. The monoisotopic (exact) mass is 273 g/mol. The van der Waals surface area contributed by atoms with Gasteiger partial charge in [-0.2, -0.15) is 0 Å². The van der Waals surface area contributed by atoms with Gasteiger partial charge in [0.25, 0.3) is 0 Å². The van der Waals surface area contributed by atoms with Crippen LogP contribution in [0.4, 0.5) is 0 Å². The first-order valence-electron chi connectivity index (χ1n) is 7.82. The SMILES string of the molecule is O=[C]CCCCCCCCCCCCCCCCl. The molecule has 0 spiro atoms. The summed E-state index contributed by atoms with van der Waals surface area (Å²) in [6.45, 7) is 0. The van der Waals surface area contributed by atoms with Gasteiger partial charge in [-0.15, -0.1) is 11.6 Å². The minimum atomic E-state index is 0.629. The lowest BCUT2D eigenvalue weighted by molar-refractivity contribution is 0.531. The zero-order valence-corrected chi connectivity index (χ0v) is 12.6. The number of carbonyl (C=O) groups excluding carboxylic acids is 1. The molecular weight excluding hydrogens is 244 g/mol. The van der Waals surface area contributed by atoms with E-state index in [4.69, 9.17) is 11.6 Å². The summed E-state index contributed by atoms with van der Waals surface area (Å²) in [6, 6.07) is 0. The molecule has 0 rings (SSSR count). The van der Waals surface area contributed by atoms with Crippen LogP contribution >= 0.6 is 11.6 Å². The summed E-state index contributed by atoms with van der Waals surface area (Å²) in [5, 5.41) is 0. The minimum absolute atomic E-state index is 0.629. The molecule has 1 radical (unpaired) electrons. The van der Waals surface area contributed by atoms with Crippen molar-refractivity contribution in [3.8, 4) is 0 Å². The molecule has 0 fully saturated rings. The van der Waals surface area contributed by atoms with E-state index in [9.17, 15) is 4.79 Å². The molecule has 0 heterocycles. The molecule has 107 valence electrons. The molecule has 0 saturated carbocycles. The van der Waals surface area contributed by atoms with E-state index in [1.165, 1.54) is 77.0 Å². The molecule has 0 N–H and O–H groups in total. The van der Waals surface area contributed by atoms with Crippen molar-refractivity contribution in [2.75, 3.05) is 5.88 Å². The quantitative estimate of drug-likeness (QED) is 0.272. The van der Waals surface area contributed by atoms with Crippen molar-refractivity contribution in [3.05, 3.63) is 0 Å². The topological polar surface area (TPSA) is 17.1 Å². The summed E-state index contributed by atoms with van der Waals surface area (Å²) in [5.74, 6) is 0.824. The molecule has 0 aliphatic heterocycles. The lowest BCUT2D eigenvalue weighted by Gasteiger charge is -2.02. The predicted octanol–water partition coefficient (Wildman–Crippen LogP) is 5.80. The van der Waals surface area contributed by atoms with Gasteiger partial charge in [-0.05, 0) is 12.8 Å². The summed E-state index contributed by atoms with van der Waals surface area (Å²) in [5.41, 5.74) is 0. The largest absolute Gasteiger partial charge is 0.291 e. The van der Waals surface area contributed by atoms with E-state index >= 15 is 0 Å². The minimum Gasteiger partial charge on any atom is -0.291 e. The van der Waals surface area contributed by atoms with Crippen molar-refractivity contribution in [1.29, 1.82) is 0 Å². The summed E-state index contributed by atoms with van der Waals surface area (Å²) < 4.78 is 0. The summed E-state index contributed by atoms with van der Waals surface area (Å²) in [6.07, 6.45) is 19.7. The molecule has 2 heteroatoms. The first kappa shape index (κ1) is 18.0. The second-order valence-electron chi connectivity index (χ2n) is 5.18. The Bertz CT molecular complexity index is 159. The molecule has 0 aromatic carbocycles.